The zero-order valence-electron chi connectivity index (χ0n) is 7.34. The van der Waals surface area contributed by atoms with Crippen LogP contribution in [0.5, 0.6) is 0 Å². The van der Waals surface area contributed by atoms with E-state index in [9.17, 15) is 0 Å². The normalized spacial score (nSPS) is 44.7. The highest BCUT2D eigenvalue weighted by Gasteiger charge is 2.45. The van der Waals surface area contributed by atoms with Gasteiger partial charge in [-0.05, 0) is 31.7 Å². The van der Waals surface area contributed by atoms with E-state index in [0.29, 0.717) is 5.54 Å². The van der Waals surface area contributed by atoms with Crippen molar-refractivity contribution >= 4 is 0 Å². The fourth-order valence-electron chi connectivity index (χ4n) is 2.91. The molecule has 0 aromatic carbocycles. The van der Waals surface area contributed by atoms with E-state index in [1.165, 1.54) is 32.4 Å². The Morgan fingerprint density at radius 2 is 2.45 bits per heavy atom. The Bertz CT molecular complexity index is 158. The van der Waals surface area contributed by atoms with E-state index in [4.69, 9.17) is 5.73 Å². The first kappa shape index (κ1) is 7.56. The average molecular weight is 154 g/mol. The van der Waals surface area contributed by atoms with Gasteiger partial charge >= 0.3 is 0 Å². The van der Waals surface area contributed by atoms with Crippen LogP contribution < -0.4 is 5.73 Å². The van der Waals surface area contributed by atoms with Gasteiger partial charge in [0.15, 0.2) is 0 Å². The maximum atomic E-state index is 5.83. The van der Waals surface area contributed by atoms with Crippen molar-refractivity contribution in [2.45, 2.75) is 31.7 Å². The summed E-state index contributed by atoms with van der Waals surface area (Å²) in [5.74, 6) is 0.874. The summed E-state index contributed by atoms with van der Waals surface area (Å²) in [5, 5.41) is 0. The second-order valence-corrected chi connectivity index (χ2v) is 4.29. The van der Waals surface area contributed by atoms with Crippen LogP contribution in [-0.2, 0) is 0 Å². The SMILES string of the molecule is C[C@H]1CN2CCC[C@]2(CN)C1. The maximum absolute atomic E-state index is 5.83. The molecular weight excluding hydrogens is 136 g/mol. The highest BCUT2D eigenvalue weighted by molar-refractivity contribution is 5.02. The molecule has 0 saturated carbocycles. The molecule has 11 heavy (non-hydrogen) atoms. The van der Waals surface area contributed by atoms with E-state index in [-0.39, 0.29) is 0 Å². The third-order valence-electron chi connectivity index (χ3n) is 3.38. The minimum Gasteiger partial charge on any atom is -0.329 e. The molecule has 64 valence electrons. The zero-order valence-corrected chi connectivity index (χ0v) is 7.34. The number of fused-ring (bicyclic) bond motifs is 1. The van der Waals surface area contributed by atoms with Gasteiger partial charge in [0, 0.05) is 18.6 Å². The minimum absolute atomic E-state index is 0.430. The van der Waals surface area contributed by atoms with Gasteiger partial charge in [-0.1, -0.05) is 6.92 Å². The highest BCUT2D eigenvalue weighted by Crippen LogP contribution is 2.40. The molecule has 0 amide bonds. The summed E-state index contributed by atoms with van der Waals surface area (Å²) in [5.41, 5.74) is 6.26. The summed E-state index contributed by atoms with van der Waals surface area (Å²) in [6.45, 7) is 5.80. The standard InChI is InChI=1S/C9H18N2/c1-8-5-9(7-10)3-2-4-11(9)6-8/h8H,2-7,10H2,1H3/t8-,9-/m1/s1. The molecule has 2 aliphatic rings. The Morgan fingerprint density at radius 3 is 3.09 bits per heavy atom. The van der Waals surface area contributed by atoms with Crippen LogP contribution in [0.1, 0.15) is 26.2 Å². The third kappa shape index (κ3) is 1.00. The second kappa shape index (κ2) is 2.46. The summed E-state index contributed by atoms with van der Waals surface area (Å²) in [4.78, 5) is 2.61. The molecule has 2 heterocycles. The Kier molecular flexibility index (Phi) is 1.69. The molecule has 2 saturated heterocycles. The number of nitrogens with two attached hydrogens (primary N) is 1. The lowest BCUT2D eigenvalue weighted by Crippen LogP contribution is -2.44. The number of hydrogen-bond acceptors (Lipinski definition) is 2. The first-order valence-electron chi connectivity index (χ1n) is 4.72. The number of nitrogens with zero attached hydrogens (tertiary/aromatic N) is 1. The largest absolute Gasteiger partial charge is 0.329 e. The monoisotopic (exact) mass is 154 g/mol. The molecule has 2 fully saturated rings. The molecule has 2 heteroatoms. The van der Waals surface area contributed by atoms with Gasteiger partial charge in [0.05, 0.1) is 0 Å². The quantitative estimate of drug-likeness (QED) is 0.606. The number of hydrogen-bond donors (Lipinski definition) is 1. The molecule has 0 radical (unpaired) electrons. The maximum Gasteiger partial charge on any atom is 0.0335 e. The van der Waals surface area contributed by atoms with E-state index < -0.39 is 0 Å². The molecule has 2 aliphatic heterocycles. The van der Waals surface area contributed by atoms with Crippen molar-refractivity contribution in [2.24, 2.45) is 11.7 Å². The van der Waals surface area contributed by atoms with Gasteiger partial charge in [0.1, 0.15) is 0 Å². The molecule has 2 atom stereocenters. The van der Waals surface area contributed by atoms with Crippen molar-refractivity contribution in [1.29, 1.82) is 0 Å². The van der Waals surface area contributed by atoms with Crippen LogP contribution in [0.3, 0.4) is 0 Å². The van der Waals surface area contributed by atoms with Crippen LogP contribution in [0.2, 0.25) is 0 Å². The van der Waals surface area contributed by atoms with Crippen molar-refractivity contribution in [3.63, 3.8) is 0 Å². The van der Waals surface area contributed by atoms with Gasteiger partial charge in [0.25, 0.3) is 0 Å². The second-order valence-electron chi connectivity index (χ2n) is 4.29. The summed E-state index contributed by atoms with van der Waals surface area (Å²) in [7, 11) is 0. The highest BCUT2D eigenvalue weighted by atomic mass is 15.3. The van der Waals surface area contributed by atoms with E-state index in [1.807, 2.05) is 0 Å². The van der Waals surface area contributed by atoms with E-state index in [0.717, 1.165) is 12.5 Å². The molecule has 0 bridgehead atoms. The van der Waals surface area contributed by atoms with Crippen LogP contribution >= 0.6 is 0 Å². The smallest absolute Gasteiger partial charge is 0.0335 e. The molecule has 2 rings (SSSR count). The molecule has 0 aromatic rings. The molecule has 2 nitrogen and oxygen atoms in total. The summed E-state index contributed by atoms with van der Waals surface area (Å²) in [6, 6.07) is 0. The van der Waals surface area contributed by atoms with Gasteiger partial charge in [-0.3, -0.25) is 4.90 Å². The van der Waals surface area contributed by atoms with Crippen molar-refractivity contribution in [3.8, 4) is 0 Å². The van der Waals surface area contributed by atoms with Gasteiger partial charge in [0.2, 0.25) is 0 Å². The van der Waals surface area contributed by atoms with Crippen molar-refractivity contribution in [2.75, 3.05) is 19.6 Å². The fourth-order valence-corrected chi connectivity index (χ4v) is 2.91. The van der Waals surface area contributed by atoms with E-state index in [2.05, 4.69) is 11.8 Å². The number of rotatable bonds is 1. The molecule has 0 aliphatic carbocycles. The van der Waals surface area contributed by atoms with Crippen LogP contribution in [0.25, 0.3) is 0 Å². The summed E-state index contributed by atoms with van der Waals surface area (Å²) >= 11 is 0. The lowest BCUT2D eigenvalue weighted by Gasteiger charge is -2.30. The van der Waals surface area contributed by atoms with Crippen molar-refractivity contribution in [1.82, 2.24) is 4.90 Å². The van der Waals surface area contributed by atoms with Gasteiger partial charge in [-0.15, -0.1) is 0 Å². The molecule has 0 spiro atoms. The van der Waals surface area contributed by atoms with E-state index >= 15 is 0 Å². The van der Waals surface area contributed by atoms with Crippen molar-refractivity contribution < 1.29 is 0 Å². The summed E-state index contributed by atoms with van der Waals surface area (Å²) in [6.07, 6.45) is 4.04. The molecular formula is C9H18N2. The Hall–Kier alpha value is -0.0800. The zero-order chi connectivity index (χ0) is 7.90. The van der Waals surface area contributed by atoms with Crippen molar-refractivity contribution in [3.05, 3.63) is 0 Å². The molecule has 0 unspecified atom stereocenters. The van der Waals surface area contributed by atoms with Crippen LogP contribution in [0.4, 0.5) is 0 Å². The first-order valence-corrected chi connectivity index (χ1v) is 4.72. The third-order valence-corrected chi connectivity index (χ3v) is 3.38. The lowest BCUT2D eigenvalue weighted by atomic mass is 9.91. The lowest BCUT2D eigenvalue weighted by molar-refractivity contribution is 0.204. The topological polar surface area (TPSA) is 29.3 Å². The molecule has 0 aromatic heterocycles. The van der Waals surface area contributed by atoms with Crippen LogP contribution in [0.15, 0.2) is 0 Å². The van der Waals surface area contributed by atoms with Crippen LogP contribution in [0, 0.1) is 5.92 Å². The Balaban J connectivity index is 2.15. The first-order chi connectivity index (χ1) is 5.27. The van der Waals surface area contributed by atoms with Gasteiger partial charge < -0.3 is 5.73 Å². The predicted octanol–water partition coefficient (Wildman–Crippen LogP) is 0.820. The minimum atomic E-state index is 0.430. The Labute approximate surface area is 68.7 Å². The van der Waals surface area contributed by atoms with E-state index in [1.54, 1.807) is 0 Å². The Morgan fingerprint density at radius 1 is 1.64 bits per heavy atom. The van der Waals surface area contributed by atoms with Gasteiger partial charge in [-0.2, -0.15) is 0 Å². The van der Waals surface area contributed by atoms with Crippen LogP contribution in [-0.4, -0.2) is 30.1 Å². The summed E-state index contributed by atoms with van der Waals surface area (Å²) < 4.78 is 0. The van der Waals surface area contributed by atoms with Gasteiger partial charge in [-0.25, -0.2) is 0 Å². The molecule has 2 N–H and O–H groups in total. The fraction of sp³-hybridized carbons (Fsp3) is 1.00. The average Bonchev–Trinajstić information content (AvgIpc) is 2.43. The predicted molar refractivity (Wildman–Crippen MR) is 46.4 cm³/mol.